The summed E-state index contributed by atoms with van der Waals surface area (Å²) in [5.41, 5.74) is 7.00. The number of methoxy groups -OCH3 is 1. The number of aromatic amines is 1. The van der Waals surface area contributed by atoms with Gasteiger partial charge >= 0.3 is 0 Å². The number of hydrogen-bond acceptors (Lipinski definition) is 3. The van der Waals surface area contributed by atoms with Crippen molar-refractivity contribution in [1.82, 2.24) is 10.4 Å². The summed E-state index contributed by atoms with van der Waals surface area (Å²) >= 11 is 0. The Labute approximate surface area is 140 Å². The largest absolute Gasteiger partial charge is 0.497 e. The number of carbonyl (C=O) groups excluding carboxylic acids is 1. The molecule has 2 N–H and O–H groups in total. The Morgan fingerprint density at radius 3 is 2.62 bits per heavy atom. The lowest BCUT2D eigenvalue weighted by Gasteiger charge is -2.00. The van der Waals surface area contributed by atoms with Gasteiger partial charge in [0.05, 0.1) is 13.3 Å². The molecule has 0 aliphatic rings. The molecule has 5 nitrogen and oxygen atoms in total. The van der Waals surface area contributed by atoms with Crippen LogP contribution < -0.4 is 10.2 Å². The van der Waals surface area contributed by atoms with E-state index in [2.05, 4.69) is 21.6 Å². The van der Waals surface area contributed by atoms with Gasteiger partial charge in [0.2, 0.25) is 0 Å². The van der Waals surface area contributed by atoms with E-state index in [1.54, 1.807) is 13.3 Å². The lowest BCUT2D eigenvalue weighted by Crippen LogP contribution is -2.18. The van der Waals surface area contributed by atoms with Gasteiger partial charge in [0.1, 0.15) is 11.4 Å². The summed E-state index contributed by atoms with van der Waals surface area (Å²) in [7, 11) is 1.62. The number of H-pyrrole nitrogens is 1. The Morgan fingerprint density at radius 2 is 1.92 bits per heavy atom. The lowest BCUT2D eigenvalue weighted by molar-refractivity contribution is 0.0950. The first-order valence-electron chi connectivity index (χ1n) is 7.65. The quantitative estimate of drug-likeness (QED) is 0.570. The molecule has 3 aromatic rings. The molecule has 0 saturated carbocycles. The Hall–Kier alpha value is -3.08. The number of carbonyl (C=O) groups is 1. The van der Waals surface area contributed by atoms with Crippen LogP contribution in [0.15, 0.2) is 47.6 Å². The van der Waals surface area contributed by atoms with Crippen molar-refractivity contribution in [3.05, 3.63) is 64.8 Å². The highest BCUT2D eigenvalue weighted by Gasteiger charge is 2.14. The van der Waals surface area contributed by atoms with Gasteiger partial charge in [-0.3, -0.25) is 4.79 Å². The fraction of sp³-hybridized carbons (Fsp3) is 0.158. The zero-order chi connectivity index (χ0) is 17.1. The number of aromatic nitrogens is 1. The second kappa shape index (κ2) is 6.58. The van der Waals surface area contributed by atoms with Crippen LogP contribution in [0.4, 0.5) is 0 Å². The van der Waals surface area contributed by atoms with E-state index in [4.69, 9.17) is 4.74 Å². The van der Waals surface area contributed by atoms with E-state index in [1.165, 1.54) is 0 Å². The predicted molar refractivity (Wildman–Crippen MR) is 95.8 cm³/mol. The molecular formula is C19H19N3O2. The number of hydrogen-bond donors (Lipinski definition) is 2. The summed E-state index contributed by atoms with van der Waals surface area (Å²) in [6.45, 7) is 3.96. The van der Waals surface area contributed by atoms with Gasteiger partial charge in [-0.15, -0.1) is 0 Å². The van der Waals surface area contributed by atoms with Gasteiger partial charge in [0.15, 0.2) is 0 Å². The molecular weight excluding hydrogens is 302 g/mol. The maximum Gasteiger partial charge on any atom is 0.288 e. The highest BCUT2D eigenvalue weighted by molar-refractivity contribution is 6.01. The number of hydrazone groups is 1. The van der Waals surface area contributed by atoms with E-state index in [1.807, 2.05) is 50.2 Å². The number of rotatable bonds is 4. The van der Waals surface area contributed by atoms with Crippen LogP contribution >= 0.6 is 0 Å². The van der Waals surface area contributed by atoms with E-state index in [-0.39, 0.29) is 5.91 Å². The number of benzene rings is 2. The van der Waals surface area contributed by atoms with E-state index < -0.39 is 0 Å². The number of nitrogens with one attached hydrogen (secondary N) is 2. The van der Waals surface area contributed by atoms with Crippen LogP contribution in [-0.2, 0) is 0 Å². The second-order valence-electron chi connectivity index (χ2n) is 5.65. The van der Waals surface area contributed by atoms with Gasteiger partial charge in [0, 0.05) is 10.9 Å². The highest BCUT2D eigenvalue weighted by Crippen LogP contribution is 2.22. The molecule has 0 aliphatic heterocycles. The minimum Gasteiger partial charge on any atom is -0.497 e. The average Bonchev–Trinajstić information content (AvgIpc) is 2.92. The molecule has 0 radical (unpaired) electrons. The summed E-state index contributed by atoms with van der Waals surface area (Å²) in [6.07, 6.45) is 1.60. The Bertz CT molecular complexity index is 908. The minimum atomic E-state index is -0.258. The number of amides is 1. The van der Waals surface area contributed by atoms with Crippen molar-refractivity contribution in [2.45, 2.75) is 13.8 Å². The molecule has 5 heteroatoms. The zero-order valence-corrected chi connectivity index (χ0v) is 13.9. The molecule has 122 valence electrons. The number of ether oxygens (including phenoxy) is 1. The predicted octanol–water partition coefficient (Wildman–Crippen LogP) is 3.56. The third kappa shape index (κ3) is 3.15. The smallest absolute Gasteiger partial charge is 0.288 e. The first-order valence-corrected chi connectivity index (χ1v) is 7.65. The van der Waals surface area contributed by atoms with Crippen LogP contribution in [0.5, 0.6) is 5.75 Å². The van der Waals surface area contributed by atoms with Gasteiger partial charge in [-0.1, -0.05) is 11.6 Å². The number of nitrogens with zero attached hydrogens (tertiary/aromatic N) is 1. The first kappa shape index (κ1) is 15.8. The summed E-state index contributed by atoms with van der Waals surface area (Å²) in [6, 6.07) is 13.5. The highest BCUT2D eigenvalue weighted by atomic mass is 16.5. The van der Waals surface area contributed by atoms with Crippen LogP contribution in [0.2, 0.25) is 0 Å². The van der Waals surface area contributed by atoms with Gasteiger partial charge in [-0.2, -0.15) is 5.10 Å². The fourth-order valence-corrected chi connectivity index (χ4v) is 2.58. The summed E-state index contributed by atoms with van der Waals surface area (Å²) in [5.74, 6) is 0.520. The Kier molecular flexibility index (Phi) is 4.33. The van der Waals surface area contributed by atoms with E-state index in [9.17, 15) is 4.79 Å². The third-order valence-corrected chi connectivity index (χ3v) is 3.94. The summed E-state index contributed by atoms with van der Waals surface area (Å²) in [4.78, 5) is 15.5. The van der Waals surface area contributed by atoms with Gasteiger partial charge in [0.25, 0.3) is 5.91 Å². The molecule has 0 unspecified atom stereocenters. The summed E-state index contributed by atoms with van der Waals surface area (Å²) in [5, 5.41) is 5.07. The maximum atomic E-state index is 12.3. The zero-order valence-electron chi connectivity index (χ0n) is 13.9. The minimum absolute atomic E-state index is 0.258. The molecule has 1 aromatic heterocycles. The number of fused-ring (bicyclic) bond motifs is 1. The van der Waals surface area contributed by atoms with Crippen LogP contribution in [0, 0.1) is 13.8 Å². The topological polar surface area (TPSA) is 66.5 Å². The molecule has 0 saturated heterocycles. The maximum absolute atomic E-state index is 12.3. The average molecular weight is 321 g/mol. The molecule has 1 amide bonds. The van der Waals surface area contributed by atoms with Gasteiger partial charge in [-0.25, -0.2) is 5.43 Å². The molecule has 1 heterocycles. The van der Waals surface area contributed by atoms with Crippen LogP contribution in [-0.4, -0.2) is 24.2 Å². The van der Waals surface area contributed by atoms with Crippen molar-refractivity contribution in [3.8, 4) is 5.75 Å². The fourth-order valence-electron chi connectivity index (χ4n) is 2.58. The van der Waals surface area contributed by atoms with Gasteiger partial charge < -0.3 is 9.72 Å². The van der Waals surface area contributed by atoms with Crippen LogP contribution in [0.3, 0.4) is 0 Å². The van der Waals surface area contributed by atoms with Crippen molar-refractivity contribution in [1.29, 1.82) is 0 Å². The monoisotopic (exact) mass is 321 g/mol. The van der Waals surface area contributed by atoms with Crippen LogP contribution in [0.1, 0.15) is 27.2 Å². The number of aryl methyl sites for hydroxylation is 2. The molecule has 0 bridgehead atoms. The van der Waals surface area contributed by atoms with Crippen molar-refractivity contribution in [2.24, 2.45) is 5.10 Å². The van der Waals surface area contributed by atoms with Crippen molar-refractivity contribution in [2.75, 3.05) is 7.11 Å². The first-order chi connectivity index (χ1) is 11.6. The van der Waals surface area contributed by atoms with E-state index >= 15 is 0 Å². The Balaban J connectivity index is 1.75. The molecule has 3 rings (SSSR count). The lowest BCUT2D eigenvalue weighted by atomic mass is 10.1. The molecule has 2 aromatic carbocycles. The second-order valence-corrected chi connectivity index (χ2v) is 5.65. The summed E-state index contributed by atoms with van der Waals surface area (Å²) < 4.78 is 5.10. The standard InChI is InChI=1S/C19H19N3O2/c1-12-4-9-17-16(10-12)13(2)18(21-17)19(23)22-20-11-14-5-7-15(24-3)8-6-14/h4-11,21H,1-3H3,(H,22,23)/b20-11+. The molecule has 0 fully saturated rings. The Morgan fingerprint density at radius 1 is 1.17 bits per heavy atom. The van der Waals surface area contributed by atoms with Crippen molar-refractivity contribution < 1.29 is 9.53 Å². The van der Waals surface area contributed by atoms with Crippen molar-refractivity contribution >= 4 is 23.0 Å². The van der Waals surface area contributed by atoms with Crippen LogP contribution in [0.25, 0.3) is 10.9 Å². The molecule has 0 aliphatic carbocycles. The van der Waals surface area contributed by atoms with E-state index in [0.29, 0.717) is 5.69 Å². The van der Waals surface area contributed by atoms with Gasteiger partial charge in [-0.05, 0) is 61.4 Å². The third-order valence-electron chi connectivity index (χ3n) is 3.94. The SMILES string of the molecule is COc1ccc(/C=N/NC(=O)c2[nH]c3ccc(C)cc3c2C)cc1. The van der Waals surface area contributed by atoms with Crippen molar-refractivity contribution in [3.63, 3.8) is 0 Å². The molecule has 24 heavy (non-hydrogen) atoms. The molecule has 0 spiro atoms. The normalized spacial score (nSPS) is 11.1. The molecule has 0 atom stereocenters. The van der Waals surface area contributed by atoms with E-state index in [0.717, 1.165) is 33.3 Å².